The SMILES string of the molecule is COc1ccccc1CCNC(=O)c1ccc(C(=O)O)cc1F. The molecule has 0 aliphatic rings. The lowest BCUT2D eigenvalue weighted by molar-refractivity contribution is 0.0695. The van der Waals surface area contributed by atoms with Crippen molar-refractivity contribution in [1.82, 2.24) is 5.32 Å². The second kappa shape index (κ2) is 7.40. The molecule has 0 saturated heterocycles. The summed E-state index contributed by atoms with van der Waals surface area (Å²) in [5, 5.41) is 11.4. The van der Waals surface area contributed by atoms with Crippen LogP contribution in [0.2, 0.25) is 0 Å². The maximum atomic E-state index is 13.8. The van der Waals surface area contributed by atoms with E-state index in [1.807, 2.05) is 24.3 Å². The van der Waals surface area contributed by atoms with Crippen LogP contribution in [0.4, 0.5) is 4.39 Å². The Bertz CT molecular complexity index is 730. The number of aromatic carboxylic acids is 1. The van der Waals surface area contributed by atoms with Gasteiger partial charge < -0.3 is 15.2 Å². The minimum absolute atomic E-state index is 0.185. The zero-order valence-electron chi connectivity index (χ0n) is 12.5. The second-order valence-electron chi connectivity index (χ2n) is 4.82. The predicted octanol–water partition coefficient (Wildman–Crippen LogP) is 2.50. The number of nitrogens with one attached hydrogen (secondary N) is 1. The standard InChI is InChI=1S/C17H16FNO4/c1-23-15-5-3-2-4-11(15)8-9-19-16(20)13-7-6-12(17(21)22)10-14(13)18/h2-7,10H,8-9H2,1H3,(H,19,20)(H,21,22). The van der Waals surface area contributed by atoms with Crippen LogP contribution in [0.1, 0.15) is 26.3 Å². The van der Waals surface area contributed by atoms with E-state index in [1.54, 1.807) is 7.11 Å². The number of rotatable bonds is 6. The van der Waals surface area contributed by atoms with Gasteiger partial charge in [0.1, 0.15) is 11.6 Å². The Balaban J connectivity index is 1.99. The van der Waals surface area contributed by atoms with Crippen LogP contribution in [-0.4, -0.2) is 30.6 Å². The van der Waals surface area contributed by atoms with Crippen molar-refractivity contribution >= 4 is 11.9 Å². The molecule has 0 unspecified atom stereocenters. The van der Waals surface area contributed by atoms with Crippen molar-refractivity contribution in [1.29, 1.82) is 0 Å². The van der Waals surface area contributed by atoms with Crippen molar-refractivity contribution < 1.29 is 23.8 Å². The topological polar surface area (TPSA) is 75.6 Å². The van der Waals surface area contributed by atoms with Crippen LogP contribution in [-0.2, 0) is 6.42 Å². The number of benzene rings is 2. The number of hydrogen-bond acceptors (Lipinski definition) is 3. The van der Waals surface area contributed by atoms with Gasteiger partial charge in [-0.15, -0.1) is 0 Å². The zero-order valence-corrected chi connectivity index (χ0v) is 12.5. The van der Waals surface area contributed by atoms with Crippen molar-refractivity contribution in [2.75, 3.05) is 13.7 Å². The number of carboxylic acids is 1. The lowest BCUT2D eigenvalue weighted by Gasteiger charge is -2.09. The summed E-state index contributed by atoms with van der Waals surface area (Å²) in [7, 11) is 1.57. The molecule has 6 heteroatoms. The van der Waals surface area contributed by atoms with Gasteiger partial charge in [-0.25, -0.2) is 9.18 Å². The molecule has 2 aromatic carbocycles. The Kier molecular flexibility index (Phi) is 5.30. The molecule has 0 aliphatic carbocycles. The number of carbonyl (C=O) groups excluding carboxylic acids is 1. The third kappa shape index (κ3) is 4.06. The third-order valence-corrected chi connectivity index (χ3v) is 3.33. The van der Waals surface area contributed by atoms with Gasteiger partial charge in [0.25, 0.3) is 5.91 Å². The molecular weight excluding hydrogens is 301 g/mol. The summed E-state index contributed by atoms with van der Waals surface area (Å²) < 4.78 is 19.0. The normalized spacial score (nSPS) is 10.2. The molecule has 0 radical (unpaired) electrons. The molecule has 0 fully saturated rings. The fourth-order valence-electron chi connectivity index (χ4n) is 2.15. The first-order valence-corrected chi connectivity index (χ1v) is 6.96. The van der Waals surface area contributed by atoms with Gasteiger partial charge in [0, 0.05) is 6.54 Å². The van der Waals surface area contributed by atoms with Gasteiger partial charge in [0.2, 0.25) is 0 Å². The lowest BCUT2D eigenvalue weighted by Crippen LogP contribution is -2.26. The fraction of sp³-hybridized carbons (Fsp3) is 0.176. The number of carboxylic acid groups (broad SMARTS) is 1. The van der Waals surface area contributed by atoms with Gasteiger partial charge in [-0.3, -0.25) is 4.79 Å². The maximum Gasteiger partial charge on any atom is 0.335 e. The summed E-state index contributed by atoms with van der Waals surface area (Å²) in [6.45, 7) is 0.305. The van der Waals surface area contributed by atoms with Crippen LogP contribution in [0, 0.1) is 5.82 Å². The molecule has 0 heterocycles. The lowest BCUT2D eigenvalue weighted by atomic mass is 10.1. The van der Waals surface area contributed by atoms with Gasteiger partial charge in [-0.2, -0.15) is 0 Å². The average molecular weight is 317 g/mol. The summed E-state index contributed by atoms with van der Waals surface area (Å²) in [5.41, 5.74) is 0.542. The molecule has 2 rings (SSSR count). The Morgan fingerprint density at radius 3 is 2.61 bits per heavy atom. The van der Waals surface area contributed by atoms with Crippen molar-refractivity contribution in [2.24, 2.45) is 0 Å². The molecule has 0 atom stereocenters. The van der Waals surface area contributed by atoms with E-state index >= 15 is 0 Å². The predicted molar refractivity (Wildman–Crippen MR) is 82.4 cm³/mol. The van der Waals surface area contributed by atoms with Crippen molar-refractivity contribution in [3.05, 3.63) is 65.0 Å². The molecular formula is C17H16FNO4. The Labute approximate surface area is 132 Å². The molecule has 23 heavy (non-hydrogen) atoms. The van der Waals surface area contributed by atoms with Gasteiger partial charge in [0.05, 0.1) is 18.2 Å². The highest BCUT2D eigenvalue weighted by molar-refractivity contribution is 5.96. The first-order valence-electron chi connectivity index (χ1n) is 6.96. The van der Waals surface area contributed by atoms with Crippen LogP contribution in [0.5, 0.6) is 5.75 Å². The molecule has 0 bridgehead atoms. The second-order valence-corrected chi connectivity index (χ2v) is 4.82. The molecule has 2 N–H and O–H groups in total. The third-order valence-electron chi connectivity index (χ3n) is 3.33. The van der Waals surface area contributed by atoms with Gasteiger partial charge in [0.15, 0.2) is 0 Å². The molecule has 1 amide bonds. The van der Waals surface area contributed by atoms with Gasteiger partial charge in [-0.05, 0) is 36.2 Å². The van der Waals surface area contributed by atoms with E-state index < -0.39 is 17.7 Å². The fourth-order valence-corrected chi connectivity index (χ4v) is 2.15. The number of methoxy groups -OCH3 is 1. The van der Waals surface area contributed by atoms with Gasteiger partial charge in [-0.1, -0.05) is 18.2 Å². The van der Waals surface area contributed by atoms with Crippen LogP contribution in [0.15, 0.2) is 42.5 Å². The maximum absolute atomic E-state index is 13.8. The Morgan fingerprint density at radius 2 is 1.96 bits per heavy atom. The first kappa shape index (κ1) is 16.5. The highest BCUT2D eigenvalue weighted by Crippen LogP contribution is 2.17. The summed E-state index contributed by atoms with van der Waals surface area (Å²) >= 11 is 0. The molecule has 0 aromatic heterocycles. The summed E-state index contributed by atoms with van der Waals surface area (Å²) in [6.07, 6.45) is 0.532. The van der Waals surface area contributed by atoms with E-state index in [-0.39, 0.29) is 11.1 Å². The summed E-state index contributed by atoms with van der Waals surface area (Å²) in [5.74, 6) is -1.97. The monoisotopic (exact) mass is 317 g/mol. The number of hydrogen-bond donors (Lipinski definition) is 2. The number of amides is 1. The van der Waals surface area contributed by atoms with Gasteiger partial charge >= 0.3 is 5.97 Å². The highest BCUT2D eigenvalue weighted by atomic mass is 19.1. The smallest absolute Gasteiger partial charge is 0.335 e. The zero-order chi connectivity index (χ0) is 16.8. The molecule has 120 valence electrons. The number of carbonyl (C=O) groups is 2. The van der Waals surface area contributed by atoms with E-state index in [1.165, 1.54) is 6.07 Å². The van der Waals surface area contributed by atoms with E-state index in [2.05, 4.69) is 5.32 Å². The van der Waals surface area contributed by atoms with Crippen LogP contribution >= 0.6 is 0 Å². The van der Waals surface area contributed by atoms with E-state index in [0.717, 1.165) is 23.4 Å². The Hall–Kier alpha value is -2.89. The van der Waals surface area contributed by atoms with Crippen molar-refractivity contribution in [3.8, 4) is 5.75 Å². The molecule has 2 aromatic rings. The van der Waals surface area contributed by atoms with E-state index in [4.69, 9.17) is 9.84 Å². The quantitative estimate of drug-likeness (QED) is 0.858. The number of halogens is 1. The number of ether oxygens (including phenoxy) is 1. The minimum Gasteiger partial charge on any atom is -0.496 e. The molecule has 0 spiro atoms. The van der Waals surface area contributed by atoms with Crippen molar-refractivity contribution in [3.63, 3.8) is 0 Å². The minimum atomic E-state index is -1.24. The van der Waals surface area contributed by atoms with Crippen LogP contribution in [0.3, 0.4) is 0 Å². The van der Waals surface area contributed by atoms with Crippen LogP contribution in [0.25, 0.3) is 0 Å². The first-order chi connectivity index (χ1) is 11.0. The summed E-state index contributed by atoms with van der Waals surface area (Å²) in [6, 6.07) is 10.6. The average Bonchev–Trinajstić information content (AvgIpc) is 2.54. The van der Waals surface area contributed by atoms with E-state index in [0.29, 0.717) is 13.0 Å². The molecule has 0 saturated carbocycles. The Morgan fingerprint density at radius 1 is 1.22 bits per heavy atom. The largest absolute Gasteiger partial charge is 0.496 e. The van der Waals surface area contributed by atoms with Crippen molar-refractivity contribution in [2.45, 2.75) is 6.42 Å². The molecule has 5 nitrogen and oxygen atoms in total. The van der Waals surface area contributed by atoms with E-state index in [9.17, 15) is 14.0 Å². The van der Waals surface area contributed by atoms with Crippen LogP contribution < -0.4 is 10.1 Å². The number of para-hydroxylation sites is 1. The highest BCUT2D eigenvalue weighted by Gasteiger charge is 2.14. The molecule has 0 aliphatic heterocycles. The summed E-state index contributed by atoms with van der Waals surface area (Å²) in [4.78, 5) is 22.7.